The van der Waals surface area contributed by atoms with Gasteiger partial charge in [-0.2, -0.15) is 0 Å². The van der Waals surface area contributed by atoms with Crippen LogP contribution in [0.15, 0.2) is 42.5 Å². The average molecular weight is 288 g/mol. The van der Waals surface area contributed by atoms with E-state index in [-0.39, 0.29) is 6.04 Å². The van der Waals surface area contributed by atoms with E-state index in [0.717, 1.165) is 17.0 Å². The fourth-order valence-corrected chi connectivity index (χ4v) is 2.68. The monoisotopic (exact) mass is 287 g/mol. The molecule has 0 aliphatic heterocycles. The molecule has 0 amide bonds. The van der Waals surface area contributed by atoms with E-state index in [9.17, 15) is 0 Å². The molecule has 1 nitrogen and oxygen atoms in total. The van der Waals surface area contributed by atoms with E-state index in [4.69, 9.17) is 17.3 Å². The van der Waals surface area contributed by atoms with Crippen molar-refractivity contribution in [3.8, 4) is 0 Å². The molecule has 0 spiro atoms. The van der Waals surface area contributed by atoms with Gasteiger partial charge in [-0.1, -0.05) is 55.8 Å². The molecule has 0 saturated carbocycles. The Bertz CT molecular complexity index is 572. The molecule has 0 aliphatic carbocycles. The summed E-state index contributed by atoms with van der Waals surface area (Å²) in [6.07, 6.45) is 0.848. The zero-order valence-corrected chi connectivity index (χ0v) is 13.1. The fourth-order valence-electron chi connectivity index (χ4n) is 2.46. The van der Waals surface area contributed by atoms with Gasteiger partial charge < -0.3 is 5.73 Å². The van der Waals surface area contributed by atoms with Crippen molar-refractivity contribution < 1.29 is 0 Å². The summed E-state index contributed by atoms with van der Waals surface area (Å²) < 4.78 is 0. The van der Waals surface area contributed by atoms with Crippen LogP contribution < -0.4 is 5.73 Å². The van der Waals surface area contributed by atoms with Crippen LogP contribution >= 0.6 is 11.6 Å². The molecule has 0 radical (unpaired) electrons. The molecule has 0 aliphatic rings. The van der Waals surface area contributed by atoms with Gasteiger partial charge in [0.05, 0.1) is 0 Å². The van der Waals surface area contributed by atoms with E-state index in [1.165, 1.54) is 16.7 Å². The minimum absolute atomic E-state index is 0.0113. The van der Waals surface area contributed by atoms with Crippen molar-refractivity contribution in [3.63, 3.8) is 0 Å². The number of aryl methyl sites for hydroxylation is 1. The van der Waals surface area contributed by atoms with Crippen LogP contribution in [-0.2, 0) is 6.42 Å². The lowest BCUT2D eigenvalue weighted by molar-refractivity contribution is 0.716. The Morgan fingerprint density at radius 1 is 1.05 bits per heavy atom. The number of benzene rings is 2. The van der Waals surface area contributed by atoms with Crippen LogP contribution in [0.1, 0.15) is 48.1 Å². The molecule has 2 aromatic carbocycles. The normalized spacial score (nSPS) is 12.7. The topological polar surface area (TPSA) is 26.0 Å². The highest BCUT2D eigenvalue weighted by Crippen LogP contribution is 2.23. The summed E-state index contributed by atoms with van der Waals surface area (Å²) in [6, 6.07) is 14.7. The first kappa shape index (κ1) is 15.1. The molecule has 2 aromatic rings. The standard InChI is InChI=1S/C18H22ClN/c1-12(2)15-6-4-14(5-7-15)11-18(20)17-9-8-16(19)10-13(17)3/h4-10,12,18H,11,20H2,1-3H3. The molecule has 0 aromatic heterocycles. The summed E-state index contributed by atoms with van der Waals surface area (Å²) in [7, 11) is 0. The third kappa shape index (κ3) is 3.62. The Hall–Kier alpha value is -1.31. The molecule has 2 rings (SSSR count). The molecule has 2 N–H and O–H groups in total. The van der Waals surface area contributed by atoms with Crippen LogP contribution in [0.3, 0.4) is 0 Å². The van der Waals surface area contributed by atoms with Crippen molar-refractivity contribution in [2.75, 3.05) is 0 Å². The predicted molar refractivity (Wildman–Crippen MR) is 87.4 cm³/mol. The lowest BCUT2D eigenvalue weighted by Gasteiger charge is -2.16. The second kappa shape index (κ2) is 6.43. The predicted octanol–water partition coefficient (Wildman–Crippen LogP) is 5.01. The van der Waals surface area contributed by atoms with Crippen LogP contribution in [0.4, 0.5) is 0 Å². The van der Waals surface area contributed by atoms with Crippen LogP contribution in [0.5, 0.6) is 0 Å². The first-order chi connectivity index (χ1) is 9.47. The van der Waals surface area contributed by atoms with Crippen LogP contribution in [0, 0.1) is 6.92 Å². The SMILES string of the molecule is Cc1cc(Cl)ccc1C(N)Cc1ccc(C(C)C)cc1. The quantitative estimate of drug-likeness (QED) is 0.840. The van der Waals surface area contributed by atoms with Gasteiger partial charge in [-0.05, 0) is 53.6 Å². The van der Waals surface area contributed by atoms with E-state index in [0.29, 0.717) is 5.92 Å². The van der Waals surface area contributed by atoms with E-state index in [1.807, 2.05) is 18.2 Å². The molecule has 0 bridgehead atoms. The Balaban J connectivity index is 2.12. The molecule has 2 heteroatoms. The first-order valence-corrected chi connectivity index (χ1v) is 7.45. The molecule has 0 heterocycles. The molecule has 1 unspecified atom stereocenters. The van der Waals surface area contributed by atoms with Gasteiger partial charge in [-0.15, -0.1) is 0 Å². The van der Waals surface area contributed by atoms with Crippen LogP contribution in [0.2, 0.25) is 5.02 Å². The van der Waals surface area contributed by atoms with Gasteiger partial charge in [0.1, 0.15) is 0 Å². The van der Waals surface area contributed by atoms with Gasteiger partial charge in [0, 0.05) is 11.1 Å². The summed E-state index contributed by atoms with van der Waals surface area (Å²) in [4.78, 5) is 0. The Morgan fingerprint density at radius 3 is 2.25 bits per heavy atom. The molecule has 1 atom stereocenters. The zero-order chi connectivity index (χ0) is 14.7. The van der Waals surface area contributed by atoms with Crippen molar-refractivity contribution in [1.29, 1.82) is 0 Å². The smallest absolute Gasteiger partial charge is 0.0408 e. The minimum Gasteiger partial charge on any atom is -0.324 e. The Kier molecular flexibility index (Phi) is 4.85. The summed E-state index contributed by atoms with van der Waals surface area (Å²) in [6.45, 7) is 6.47. The van der Waals surface area contributed by atoms with Crippen LogP contribution in [-0.4, -0.2) is 0 Å². The highest BCUT2D eigenvalue weighted by atomic mass is 35.5. The molecular weight excluding hydrogens is 266 g/mol. The number of hydrogen-bond donors (Lipinski definition) is 1. The van der Waals surface area contributed by atoms with Crippen LogP contribution in [0.25, 0.3) is 0 Å². The zero-order valence-electron chi connectivity index (χ0n) is 12.4. The van der Waals surface area contributed by atoms with E-state index < -0.39 is 0 Å². The molecule has 0 fully saturated rings. The second-order valence-electron chi connectivity index (χ2n) is 5.71. The van der Waals surface area contributed by atoms with E-state index >= 15 is 0 Å². The van der Waals surface area contributed by atoms with Gasteiger partial charge in [-0.25, -0.2) is 0 Å². The van der Waals surface area contributed by atoms with Crippen molar-refractivity contribution >= 4 is 11.6 Å². The summed E-state index contributed by atoms with van der Waals surface area (Å²) in [5.74, 6) is 0.566. The Morgan fingerprint density at radius 2 is 1.70 bits per heavy atom. The lowest BCUT2D eigenvalue weighted by atomic mass is 9.94. The van der Waals surface area contributed by atoms with Crippen molar-refractivity contribution in [1.82, 2.24) is 0 Å². The highest BCUT2D eigenvalue weighted by Gasteiger charge is 2.10. The summed E-state index contributed by atoms with van der Waals surface area (Å²) in [5, 5.41) is 0.764. The fraction of sp³-hybridized carbons (Fsp3) is 0.333. The summed E-state index contributed by atoms with van der Waals surface area (Å²) in [5.41, 5.74) is 11.3. The van der Waals surface area contributed by atoms with Gasteiger partial charge in [0.15, 0.2) is 0 Å². The highest BCUT2D eigenvalue weighted by molar-refractivity contribution is 6.30. The van der Waals surface area contributed by atoms with Crippen molar-refractivity contribution in [2.45, 2.75) is 39.2 Å². The average Bonchev–Trinajstić information content (AvgIpc) is 2.39. The number of rotatable bonds is 4. The van der Waals surface area contributed by atoms with Gasteiger partial charge in [0.25, 0.3) is 0 Å². The second-order valence-corrected chi connectivity index (χ2v) is 6.14. The largest absolute Gasteiger partial charge is 0.324 e. The van der Waals surface area contributed by atoms with Crippen molar-refractivity contribution in [2.24, 2.45) is 5.73 Å². The maximum Gasteiger partial charge on any atom is 0.0408 e. The first-order valence-electron chi connectivity index (χ1n) is 7.08. The third-order valence-corrected chi connectivity index (χ3v) is 3.97. The van der Waals surface area contributed by atoms with Gasteiger partial charge >= 0.3 is 0 Å². The van der Waals surface area contributed by atoms with Crippen molar-refractivity contribution in [3.05, 3.63) is 69.7 Å². The van der Waals surface area contributed by atoms with Gasteiger partial charge in [-0.3, -0.25) is 0 Å². The van der Waals surface area contributed by atoms with E-state index in [1.54, 1.807) is 0 Å². The molecule has 106 valence electrons. The lowest BCUT2D eigenvalue weighted by Crippen LogP contribution is -2.14. The molecule has 0 saturated heterocycles. The van der Waals surface area contributed by atoms with E-state index in [2.05, 4.69) is 45.0 Å². The molecular formula is C18H22ClN. The molecule has 20 heavy (non-hydrogen) atoms. The summed E-state index contributed by atoms with van der Waals surface area (Å²) >= 11 is 5.99. The Labute approximate surface area is 126 Å². The number of halogens is 1. The third-order valence-electron chi connectivity index (χ3n) is 3.73. The number of hydrogen-bond acceptors (Lipinski definition) is 1. The maximum atomic E-state index is 6.33. The number of nitrogens with two attached hydrogens (primary N) is 1. The maximum absolute atomic E-state index is 6.33. The van der Waals surface area contributed by atoms with Gasteiger partial charge in [0.2, 0.25) is 0 Å². The minimum atomic E-state index is 0.0113.